The summed E-state index contributed by atoms with van der Waals surface area (Å²) in [5.41, 5.74) is 12.6. The van der Waals surface area contributed by atoms with Gasteiger partial charge in [-0.15, -0.1) is 0 Å². The third kappa shape index (κ3) is 5.33. The zero-order valence-corrected chi connectivity index (χ0v) is 25.9. The molecule has 5 rings (SSSR count). The topological polar surface area (TPSA) is 25.8 Å². The Labute approximate surface area is 237 Å². The molecule has 0 fully saturated rings. The highest BCUT2D eigenvalue weighted by Gasteiger charge is 2.37. The smallest absolute Gasteiger partial charge is 0.322 e. The lowest BCUT2D eigenvalue weighted by Crippen LogP contribution is -2.44. The standard InChI is InChI=1S/C18H22BF.C13H10Br2N2/c1-11-7-13(3)17(14(4)8-11)19(20)18-15(5)9-12(2)10-16(18)6;1-13(2)7-3-5-9(14)16-11(7)12-8(13)4-6-10(15)17-12/h7-10H,1-6H3;3-6H,1-2H3. The number of aromatic nitrogens is 2. The van der Waals surface area contributed by atoms with Crippen molar-refractivity contribution in [2.75, 3.05) is 0 Å². The first-order valence-electron chi connectivity index (χ1n) is 12.4. The van der Waals surface area contributed by atoms with Gasteiger partial charge in [-0.3, -0.25) is 0 Å². The number of halogens is 3. The summed E-state index contributed by atoms with van der Waals surface area (Å²) in [7, 11) is 0. The van der Waals surface area contributed by atoms with Crippen molar-refractivity contribution in [2.45, 2.75) is 60.8 Å². The number of rotatable bonds is 2. The zero-order chi connectivity index (χ0) is 27.2. The van der Waals surface area contributed by atoms with Crippen LogP contribution in [0.15, 0.2) is 57.7 Å². The Morgan fingerprint density at radius 3 is 1.27 bits per heavy atom. The van der Waals surface area contributed by atoms with Crippen molar-refractivity contribution < 1.29 is 4.32 Å². The van der Waals surface area contributed by atoms with E-state index in [1.807, 2.05) is 39.8 Å². The summed E-state index contributed by atoms with van der Waals surface area (Å²) < 4.78 is 16.9. The maximum atomic E-state index is 15.2. The van der Waals surface area contributed by atoms with Crippen LogP contribution in [0.1, 0.15) is 58.4 Å². The lowest BCUT2D eigenvalue weighted by atomic mass is 9.53. The van der Waals surface area contributed by atoms with Gasteiger partial charge in [0.25, 0.3) is 0 Å². The molecular weight excluding hydrogens is 590 g/mol. The van der Waals surface area contributed by atoms with Gasteiger partial charge in [0.1, 0.15) is 9.21 Å². The van der Waals surface area contributed by atoms with E-state index in [0.717, 1.165) is 53.8 Å². The third-order valence-corrected chi connectivity index (χ3v) is 8.16. The molecular formula is C31H32BBr2FN2. The van der Waals surface area contributed by atoms with Crippen LogP contribution < -0.4 is 10.9 Å². The maximum Gasteiger partial charge on any atom is 0.414 e. The monoisotopic (exact) mass is 620 g/mol. The summed E-state index contributed by atoms with van der Waals surface area (Å²) in [4.78, 5) is 9.13. The predicted octanol–water partition coefficient (Wildman–Crippen LogP) is 7.92. The fraction of sp³-hybridized carbons (Fsp3) is 0.290. The Hall–Kier alpha value is -2.31. The molecule has 2 heterocycles. The normalized spacial score (nSPS) is 12.9. The van der Waals surface area contributed by atoms with Gasteiger partial charge in [0.2, 0.25) is 0 Å². The first-order chi connectivity index (χ1) is 17.3. The van der Waals surface area contributed by atoms with E-state index in [4.69, 9.17) is 0 Å². The Morgan fingerprint density at radius 1 is 0.622 bits per heavy atom. The van der Waals surface area contributed by atoms with Crippen molar-refractivity contribution in [1.82, 2.24) is 9.97 Å². The van der Waals surface area contributed by atoms with Crippen molar-refractivity contribution in [3.05, 3.63) is 102 Å². The summed E-state index contributed by atoms with van der Waals surface area (Å²) in [5, 5.41) is 0. The van der Waals surface area contributed by atoms with E-state index < -0.39 is 6.99 Å². The molecule has 0 unspecified atom stereocenters. The third-order valence-electron chi connectivity index (χ3n) is 7.28. The molecule has 0 bridgehead atoms. The molecule has 190 valence electrons. The van der Waals surface area contributed by atoms with Crippen molar-refractivity contribution >= 4 is 49.8 Å². The van der Waals surface area contributed by atoms with Gasteiger partial charge in [0, 0.05) is 5.41 Å². The van der Waals surface area contributed by atoms with Crippen LogP contribution >= 0.6 is 31.9 Å². The molecule has 2 nitrogen and oxygen atoms in total. The van der Waals surface area contributed by atoms with Gasteiger partial charge in [-0.25, -0.2) is 9.97 Å². The van der Waals surface area contributed by atoms with Crippen molar-refractivity contribution in [3.8, 4) is 11.4 Å². The Kier molecular flexibility index (Phi) is 7.83. The molecule has 0 saturated carbocycles. The number of nitrogens with zero attached hydrogens (tertiary/aromatic N) is 2. The van der Waals surface area contributed by atoms with Crippen molar-refractivity contribution in [1.29, 1.82) is 0 Å². The van der Waals surface area contributed by atoms with Crippen LogP contribution in [0, 0.1) is 41.5 Å². The van der Waals surface area contributed by atoms with E-state index >= 15 is 4.32 Å². The fourth-order valence-corrected chi connectivity index (χ4v) is 6.33. The van der Waals surface area contributed by atoms with Crippen molar-refractivity contribution in [3.63, 3.8) is 0 Å². The van der Waals surface area contributed by atoms with E-state index in [1.54, 1.807) is 0 Å². The highest BCUT2D eigenvalue weighted by molar-refractivity contribution is 9.10. The zero-order valence-electron chi connectivity index (χ0n) is 22.7. The minimum atomic E-state index is -1.05. The van der Waals surface area contributed by atoms with Crippen LogP contribution in [-0.4, -0.2) is 17.0 Å². The Bertz CT molecular complexity index is 1360. The first-order valence-corrected chi connectivity index (χ1v) is 14.0. The van der Waals surface area contributed by atoms with E-state index in [9.17, 15) is 0 Å². The highest BCUT2D eigenvalue weighted by Crippen LogP contribution is 2.47. The molecule has 1 aliphatic rings. The largest absolute Gasteiger partial charge is 0.414 e. The minimum absolute atomic E-state index is 0.0218. The molecule has 0 amide bonds. The molecule has 0 atom stereocenters. The average Bonchev–Trinajstić information content (AvgIpc) is 2.98. The second-order valence-corrected chi connectivity index (χ2v) is 12.3. The first kappa shape index (κ1) is 27.7. The minimum Gasteiger partial charge on any atom is -0.322 e. The Morgan fingerprint density at radius 2 is 0.946 bits per heavy atom. The number of hydrogen-bond acceptors (Lipinski definition) is 2. The molecule has 6 heteroatoms. The number of aryl methyl sites for hydroxylation is 6. The summed E-state index contributed by atoms with van der Waals surface area (Å²) in [6.07, 6.45) is 0. The second kappa shape index (κ2) is 10.5. The number of benzene rings is 2. The Balaban J connectivity index is 0.000000175. The summed E-state index contributed by atoms with van der Waals surface area (Å²) in [6.45, 7) is 15.5. The second-order valence-electron chi connectivity index (χ2n) is 10.7. The summed E-state index contributed by atoms with van der Waals surface area (Å²) >= 11 is 6.84. The summed E-state index contributed by atoms with van der Waals surface area (Å²) in [6, 6.07) is 16.5. The van der Waals surface area contributed by atoms with Gasteiger partial charge in [-0.1, -0.05) is 83.6 Å². The molecule has 1 aliphatic carbocycles. The molecule has 2 aromatic carbocycles. The molecule has 2 aromatic heterocycles. The molecule has 37 heavy (non-hydrogen) atoms. The van der Waals surface area contributed by atoms with Crippen molar-refractivity contribution in [2.24, 2.45) is 0 Å². The summed E-state index contributed by atoms with van der Waals surface area (Å²) in [5.74, 6) is 0. The number of fused-ring (bicyclic) bond motifs is 3. The molecule has 0 saturated heterocycles. The van der Waals surface area contributed by atoms with Crippen LogP contribution in [0.3, 0.4) is 0 Å². The molecule has 0 aliphatic heterocycles. The van der Waals surface area contributed by atoms with Gasteiger partial charge < -0.3 is 4.32 Å². The van der Waals surface area contributed by atoms with Crippen LogP contribution in [0.4, 0.5) is 4.32 Å². The van der Waals surface area contributed by atoms with Gasteiger partial charge in [0.15, 0.2) is 0 Å². The molecule has 0 radical (unpaired) electrons. The quantitative estimate of drug-likeness (QED) is 0.168. The van der Waals surface area contributed by atoms with Crippen LogP contribution in [0.5, 0.6) is 0 Å². The van der Waals surface area contributed by atoms with Crippen LogP contribution in [0.25, 0.3) is 11.4 Å². The molecule has 0 N–H and O–H groups in total. The fourth-order valence-electron chi connectivity index (χ4n) is 5.71. The van der Waals surface area contributed by atoms with Crippen LogP contribution in [0.2, 0.25) is 0 Å². The average molecular weight is 622 g/mol. The van der Waals surface area contributed by atoms with E-state index in [2.05, 4.69) is 106 Å². The highest BCUT2D eigenvalue weighted by atomic mass is 79.9. The van der Waals surface area contributed by atoms with E-state index in [1.165, 1.54) is 22.3 Å². The van der Waals surface area contributed by atoms with E-state index in [0.29, 0.717) is 0 Å². The van der Waals surface area contributed by atoms with Gasteiger partial charge in [-0.05, 0) is 108 Å². The van der Waals surface area contributed by atoms with Gasteiger partial charge in [0.05, 0.1) is 11.4 Å². The van der Waals surface area contributed by atoms with Gasteiger partial charge in [-0.2, -0.15) is 0 Å². The van der Waals surface area contributed by atoms with Gasteiger partial charge >= 0.3 is 6.99 Å². The lowest BCUT2D eigenvalue weighted by Gasteiger charge is -2.20. The van der Waals surface area contributed by atoms with E-state index in [-0.39, 0.29) is 5.41 Å². The molecule has 4 aromatic rings. The number of hydrogen-bond donors (Lipinski definition) is 0. The lowest BCUT2D eigenvalue weighted by molar-refractivity contribution is 0.657. The van der Waals surface area contributed by atoms with Crippen LogP contribution in [-0.2, 0) is 5.41 Å². The maximum absolute atomic E-state index is 15.2. The SMILES string of the molecule is CC1(C)c2ccc(Br)nc2-c2nc(Br)ccc21.Cc1cc(C)c(B(F)c2c(C)cc(C)cc2C)c(C)c1. The molecule has 0 spiro atoms. The predicted molar refractivity (Wildman–Crippen MR) is 162 cm³/mol. The number of pyridine rings is 2.